The number of piperazine rings is 1. The topological polar surface area (TPSA) is 91.2 Å². The average molecular weight is 432 g/mol. The van der Waals surface area contributed by atoms with E-state index in [9.17, 15) is 9.90 Å². The minimum atomic E-state index is -0.132. The third kappa shape index (κ3) is 3.75. The fourth-order valence-corrected chi connectivity index (χ4v) is 4.66. The van der Waals surface area contributed by atoms with Gasteiger partial charge in [0.2, 0.25) is 5.88 Å². The van der Waals surface area contributed by atoms with Crippen LogP contribution in [0.2, 0.25) is 0 Å². The molecule has 0 saturated carbocycles. The molecule has 1 amide bonds. The molecule has 5 rings (SSSR count). The molecule has 156 valence electrons. The minimum absolute atomic E-state index is 0.0790. The second-order valence-corrected chi connectivity index (χ2v) is 8.46. The van der Waals surface area contributed by atoms with E-state index in [2.05, 4.69) is 51.5 Å². The molecule has 3 aromatic heterocycles. The van der Waals surface area contributed by atoms with Crippen LogP contribution in [0.4, 0.5) is 0 Å². The Bertz CT molecular complexity index is 1240. The summed E-state index contributed by atoms with van der Waals surface area (Å²) in [5, 5.41) is 15.7. The van der Waals surface area contributed by atoms with E-state index < -0.39 is 0 Å². The zero-order valence-corrected chi connectivity index (χ0v) is 17.8. The van der Waals surface area contributed by atoms with Crippen LogP contribution in [0.15, 0.2) is 54.0 Å². The largest absolute Gasteiger partial charge is 0.492 e. The van der Waals surface area contributed by atoms with E-state index in [0.717, 1.165) is 5.56 Å². The van der Waals surface area contributed by atoms with Gasteiger partial charge in [0.25, 0.3) is 5.91 Å². The highest BCUT2D eigenvalue weighted by molar-refractivity contribution is 7.17. The van der Waals surface area contributed by atoms with Gasteiger partial charge < -0.3 is 15.3 Å². The number of fused-ring (bicyclic) bond motifs is 1. The summed E-state index contributed by atoms with van der Waals surface area (Å²) in [5.41, 5.74) is 3.87. The number of aromatic nitrogens is 3. The summed E-state index contributed by atoms with van der Waals surface area (Å²) in [7, 11) is 0. The Morgan fingerprint density at radius 1 is 1.19 bits per heavy atom. The Kier molecular flexibility index (Phi) is 5.09. The smallest absolute Gasteiger partial charge is 0.257 e. The van der Waals surface area contributed by atoms with E-state index in [-0.39, 0.29) is 17.8 Å². The van der Waals surface area contributed by atoms with Crippen LogP contribution in [0.3, 0.4) is 0 Å². The summed E-state index contributed by atoms with van der Waals surface area (Å²) in [5.74, 6) is 0.0818. The Hall–Kier alpha value is -3.36. The molecule has 4 heterocycles. The number of thiophene rings is 1. The zero-order valence-electron chi connectivity index (χ0n) is 16.9. The van der Waals surface area contributed by atoms with E-state index in [4.69, 9.17) is 0 Å². The van der Waals surface area contributed by atoms with Gasteiger partial charge in [0, 0.05) is 37.3 Å². The van der Waals surface area contributed by atoms with E-state index in [1.165, 1.54) is 16.9 Å². The monoisotopic (exact) mass is 431 g/mol. The molecule has 1 atom stereocenters. The third-order valence-corrected chi connectivity index (χ3v) is 6.43. The predicted molar refractivity (Wildman–Crippen MR) is 120 cm³/mol. The number of rotatable bonds is 3. The second kappa shape index (κ2) is 8.05. The first-order chi connectivity index (χ1) is 15.1. The quantitative estimate of drug-likeness (QED) is 0.515. The summed E-state index contributed by atoms with van der Waals surface area (Å²) in [4.78, 5) is 28.3. The van der Waals surface area contributed by atoms with Gasteiger partial charge in [-0.3, -0.25) is 9.78 Å². The van der Waals surface area contributed by atoms with Gasteiger partial charge in [0.05, 0.1) is 5.56 Å². The van der Waals surface area contributed by atoms with Crippen molar-refractivity contribution < 1.29 is 9.90 Å². The summed E-state index contributed by atoms with van der Waals surface area (Å²) < 4.78 is 0.508. The molecule has 0 spiro atoms. The van der Waals surface area contributed by atoms with Gasteiger partial charge in [0.15, 0.2) is 5.82 Å². The van der Waals surface area contributed by atoms with Crippen molar-refractivity contribution in [2.45, 2.75) is 13.0 Å². The lowest BCUT2D eigenvalue weighted by Crippen LogP contribution is -2.48. The molecule has 1 saturated heterocycles. The van der Waals surface area contributed by atoms with E-state index in [0.29, 0.717) is 46.9 Å². The molecule has 0 bridgehead atoms. The van der Waals surface area contributed by atoms with Crippen LogP contribution in [0, 0.1) is 6.92 Å². The van der Waals surface area contributed by atoms with Crippen molar-refractivity contribution >= 4 is 27.5 Å². The van der Waals surface area contributed by atoms with Crippen LogP contribution in [0.5, 0.6) is 5.88 Å². The second-order valence-electron chi connectivity index (χ2n) is 7.58. The van der Waals surface area contributed by atoms with Gasteiger partial charge in [-0.15, -0.1) is 11.3 Å². The van der Waals surface area contributed by atoms with Crippen molar-refractivity contribution in [2.75, 3.05) is 19.6 Å². The number of aromatic hydroxyl groups is 1. The molecule has 1 aromatic carbocycles. The average Bonchev–Trinajstić information content (AvgIpc) is 3.24. The first-order valence-electron chi connectivity index (χ1n) is 10.1. The number of pyridine rings is 1. The van der Waals surface area contributed by atoms with E-state index in [1.807, 2.05) is 11.0 Å². The molecule has 1 fully saturated rings. The molecular formula is C23H21N5O2S. The van der Waals surface area contributed by atoms with Crippen molar-refractivity contribution in [1.29, 1.82) is 0 Å². The summed E-state index contributed by atoms with van der Waals surface area (Å²) in [6.07, 6.45) is 1.64. The maximum atomic E-state index is 13.4. The first-order valence-corrected chi connectivity index (χ1v) is 11.0. The van der Waals surface area contributed by atoms with Crippen LogP contribution in [-0.2, 0) is 0 Å². The molecular weight excluding hydrogens is 410 g/mol. The molecule has 1 unspecified atom stereocenters. The number of hydrogen-bond acceptors (Lipinski definition) is 7. The molecule has 0 radical (unpaired) electrons. The molecule has 7 nitrogen and oxygen atoms in total. The summed E-state index contributed by atoms with van der Waals surface area (Å²) >= 11 is 1.28. The number of carbonyl (C=O) groups is 1. The fraction of sp³-hybridized carbons (Fsp3) is 0.217. The number of nitrogens with zero attached hydrogens (tertiary/aromatic N) is 4. The van der Waals surface area contributed by atoms with Crippen LogP contribution in [0.1, 0.15) is 27.5 Å². The molecule has 0 aliphatic carbocycles. The highest BCUT2D eigenvalue weighted by Gasteiger charge is 2.28. The van der Waals surface area contributed by atoms with Gasteiger partial charge in [-0.1, -0.05) is 35.9 Å². The van der Waals surface area contributed by atoms with Crippen molar-refractivity contribution in [1.82, 2.24) is 25.2 Å². The number of amides is 1. The van der Waals surface area contributed by atoms with Gasteiger partial charge >= 0.3 is 0 Å². The maximum absolute atomic E-state index is 13.4. The lowest BCUT2D eigenvalue weighted by atomic mass is 10.0. The molecule has 2 N–H and O–H groups in total. The molecule has 1 aliphatic heterocycles. The van der Waals surface area contributed by atoms with Crippen LogP contribution in [0.25, 0.3) is 21.7 Å². The summed E-state index contributed by atoms with van der Waals surface area (Å²) in [6, 6.07) is 13.9. The summed E-state index contributed by atoms with van der Waals surface area (Å²) in [6.45, 7) is 3.96. The highest BCUT2D eigenvalue weighted by atomic mass is 32.1. The molecule has 1 aliphatic rings. The number of nitrogens with one attached hydrogen (secondary N) is 1. The van der Waals surface area contributed by atoms with Crippen LogP contribution in [-0.4, -0.2) is 50.5 Å². The van der Waals surface area contributed by atoms with Gasteiger partial charge in [-0.2, -0.15) is 4.98 Å². The molecule has 4 aromatic rings. The number of hydrogen-bond donors (Lipinski definition) is 2. The van der Waals surface area contributed by atoms with Crippen molar-refractivity contribution in [3.8, 4) is 17.4 Å². The van der Waals surface area contributed by atoms with Gasteiger partial charge in [0.1, 0.15) is 15.9 Å². The first kappa shape index (κ1) is 19.6. The molecule has 8 heteroatoms. The lowest BCUT2D eigenvalue weighted by Gasteiger charge is -2.34. The van der Waals surface area contributed by atoms with Gasteiger partial charge in [-0.25, -0.2) is 4.98 Å². The Labute approximate surface area is 183 Å². The van der Waals surface area contributed by atoms with Crippen molar-refractivity contribution in [2.24, 2.45) is 0 Å². The third-order valence-electron chi connectivity index (χ3n) is 5.46. The number of aryl methyl sites for hydroxylation is 1. The Morgan fingerprint density at radius 3 is 2.81 bits per heavy atom. The lowest BCUT2D eigenvalue weighted by molar-refractivity contribution is 0.0705. The van der Waals surface area contributed by atoms with Crippen molar-refractivity contribution in [3.05, 3.63) is 70.7 Å². The minimum Gasteiger partial charge on any atom is -0.492 e. The van der Waals surface area contributed by atoms with E-state index >= 15 is 0 Å². The molecule has 31 heavy (non-hydrogen) atoms. The SMILES string of the molecule is Cc1ccc(C2CN(C(=O)c3csc4c(O)nc(-c5ccccn5)nc34)CCN2)cc1. The standard InChI is InChI=1S/C23H21N5O2S/c1-14-5-7-15(8-6-14)18-12-28(11-10-25-18)23(30)16-13-31-20-19(16)26-21(27-22(20)29)17-4-2-3-9-24-17/h2-9,13,18,25H,10-12H2,1H3,(H,26,27,29). The number of benzene rings is 1. The van der Waals surface area contributed by atoms with Crippen LogP contribution < -0.4 is 5.32 Å². The maximum Gasteiger partial charge on any atom is 0.257 e. The van der Waals surface area contributed by atoms with Gasteiger partial charge in [-0.05, 0) is 24.6 Å². The Morgan fingerprint density at radius 2 is 2.03 bits per heavy atom. The number of carbonyl (C=O) groups excluding carboxylic acids is 1. The van der Waals surface area contributed by atoms with E-state index in [1.54, 1.807) is 23.7 Å². The van der Waals surface area contributed by atoms with Crippen LogP contribution >= 0.6 is 11.3 Å². The predicted octanol–water partition coefficient (Wildman–Crippen LogP) is 3.55. The van der Waals surface area contributed by atoms with Crippen molar-refractivity contribution in [3.63, 3.8) is 0 Å². The fourth-order valence-electron chi connectivity index (χ4n) is 3.79. The normalized spacial score (nSPS) is 16.5. The Balaban J connectivity index is 1.46. The zero-order chi connectivity index (χ0) is 21.4. The highest BCUT2D eigenvalue weighted by Crippen LogP contribution is 2.33.